The van der Waals surface area contributed by atoms with E-state index >= 15 is 0 Å². The SMILES string of the molecule is CC[C@H](CC[C@@H](C)[C@H]1C(O)C(O)[C@@H]2[C@]1(C)CC[C@H]1[C@@]2(O)CC(O)C2CC(OS(=O)(=O)O)CC[C@@]21C)C(C)CO[C@@H]1OC[C@@H](O)[C@H](O)[C@H]1O. The zero-order valence-electron chi connectivity index (χ0n) is 29.0. The molecule has 0 bridgehead atoms. The molecular formula is C34H60O13S. The van der Waals surface area contributed by atoms with Crippen molar-refractivity contribution in [2.24, 2.45) is 52.3 Å². The molecule has 8 N–H and O–H groups in total. The van der Waals surface area contributed by atoms with Crippen LogP contribution in [0.3, 0.4) is 0 Å². The standard InChI is InChI=1S/C34H60O13S/c1-6-19(18(3)15-45-31-29(40)26(37)23(36)16-46-31)8-7-17(2)25-27(38)28(39)30-33(25,5)12-10-24-32(4)11-9-20(47-48(42,43)44)13-21(32)22(35)14-34(24,30)41/h17-31,35-41H,6-16H2,1-5H3,(H,42,43,44)/t17-,18?,19-,20?,21?,22?,23-,24-,25+,26+,27?,28?,29-,30-,31-,32+,33-,34+/m1/s1. The van der Waals surface area contributed by atoms with Crippen molar-refractivity contribution in [3.8, 4) is 0 Å². The van der Waals surface area contributed by atoms with Crippen LogP contribution in [0.2, 0.25) is 0 Å². The van der Waals surface area contributed by atoms with Gasteiger partial charge in [0, 0.05) is 12.3 Å². The van der Waals surface area contributed by atoms with Gasteiger partial charge in [-0.2, -0.15) is 8.42 Å². The molecule has 1 saturated heterocycles. The van der Waals surface area contributed by atoms with Crippen LogP contribution in [0, 0.1) is 52.3 Å². The van der Waals surface area contributed by atoms with E-state index in [1.165, 1.54) is 0 Å². The fraction of sp³-hybridized carbons (Fsp3) is 1.00. The number of hydrogen-bond acceptors (Lipinski definition) is 12. The molecule has 0 spiro atoms. The molecule has 5 rings (SSSR count). The van der Waals surface area contributed by atoms with Crippen molar-refractivity contribution in [2.45, 2.75) is 147 Å². The second-order valence-corrected chi connectivity index (χ2v) is 17.7. The lowest BCUT2D eigenvalue weighted by molar-refractivity contribution is -0.273. The third-order valence-electron chi connectivity index (χ3n) is 14.0. The van der Waals surface area contributed by atoms with E-state index in [1.807, 2.05) is 6.92 Å². The molecule has 6 unspecified atom stereocenters. The molecule has 0 aromatic rings. The average molecular weight is 709 g/mol. The van der Waals surface area contributed by atoms with Crippen LogP contribution in [0.1, 0.15) is 92.4 Å². The van der Waals surface area contributed by atoms with Gasteiger partial charge in [0.1, 0.15) is 18.3 Å². The fourth-order valence-electron chi connectivity index (χ4n) is 11.6. The first-order valence-corrected chi connectivity index (χ1v) is 19.3. The predicted octanol–water partition coefficient (Wildman–Crippen LogP) is 1.39. The van der Waals surface area contributed by atoms with Gasteiger partial charge in [-0.25, -0.2) is 4.18 Å². The van der Waals surface area contributed by atoms with Crippen molar-refractivity contribution in [3.63, 3.8) is 0 Å². The minimum Gasteiger partial charge on any atom is -0.393 e. The van der Waals surface area contributed by atoms with Crippen molar-refractivity contribution >= 4 is 10.4 Å². The largest absolute Gasteiger partial charge is 0.397 e. The molecule has 18 atom stereocenters. The first kappa shape index (κ1) is 38.7. The van der Waals surface area contributed by atoms with Crippen LogP contribution in [0.25, 0.3) is 0 Å². The summed E-state index contributed by atoms with van der Waals surface area (Å²) in [6, 6.07) is 0. The lowest BCUT2D eigenvalue weighted by Crippen LogP contribution is -2.68. The van der Waals surface area contributed by atoms with Gasteiger partial charge in [0.05, 0.1) is 43.2 Å². The summed E-state index contributed by atoms with van der Waals surface area (Å²) in [5, 5.41) is 77.4. The van der Waals surface area contributed by atoms with Gasteiger partial charge in [0.25, 0.3) is 0 Å². The van der Waals surface area contributed by atoms with Crippen molar-refractivity contribution in [3.05, 3.63) is 0 Å². The average Bonchev–Trinajstić information content (AvgIpc) is 3.20. The second-order valence-electron chi connectivity index (χ2n) is 16.7. The van der Waals surface area contributed by atoms with Crippen molar-refractivity contribution in [1.82, 2.24) is 0 Å². The molecule has 1 heterocycles. The number of rotatable bonds is 11. The van der Waals surface area contributed by atoms with Crippen molar-refractivity contribution in [1.29, 1.82) is 0 Å². The second kappa shape index (κ2) is 14.1. The summed E-state index contributed by atoms with van der Waals surface area (Å²) in [4.78, 5) is 0. The zero-order valence-corrected chi connectivity index (χ0v) is 29.8. The Labute approximate surface area is 284 Å². The Morgan fingerprint density at radius 1 is 0.896 bits per heavy atom. The Kier molecular flexibility index (Phi) is 11.4. The summed E-state index contributed by atoms with van der Waals surface area (Å²) in [6.45, 7) is 10.5. The molecule has 5 aliphatic rings. The molecule has 0 radical (unpaired) electrons. The molecule has 0 amide bonds. The molecule has 4 aliphatic carbocycles. The van der Waals surface area contributed by atoms with E-state index in [4.69, 9.17) is 13.7 Å². The zero-order chi connectivity index (χ0) is 35.6. The van der Waals surface area contributed by atoms with E-state index in [1.54, 1.807) is 0 Å². The number of aliphatic hydroxyl groups excluding tert-OH is 6. The Bertz CT molecular complexity index is 1220. The van der Waals surface area contributed by atoms with Crippen LogP contribution in [-0.2, 0) is 24.1 Å². The molecule has 4 saturated carbocycles. The summed E-state index contributed by atoms with van der Waals surface area (Å²) >= 11 is 0. The molecular weight excluding hydrogens is 648 g/mol. The van der Waals surface area contributed by atoms with Gasteiger partial charge >= 0.3 is 10.4 Å². The highest BCUT2D eigenvalue weighted by Gasteiger charge is 2.72. The Balaban J connectivity index is 1.26. The maximum atomic E-state index is 12.6. The Hall–Kier alpha value is -0.490. The fourth-order valence-corrected chi connectivity index (χ4v) is 12.1. The van der Waals surface area contributed by atoms with E-state index in [9.17, 15) is 48.7 Å². The van der Waals surface area contributed by atoms with Crippen LogP contribution in [0.5, 0.6) is 0 Å². The monoisotopic (exact) mass is 708 g/mol. The van der Waals surface area contributed by atoms with Gasteiger partial charge in [-0.15, -0.1) is 0 Å². The first-order valence-electron chi connectivity index (χ1n) is 18.0. The third-order valence-corrected chi connectivity index (χ3v) is 14.5. The first-order chi connectivity index (χ1) is 22.3. The number of hydrogen-bond donors (Lipinski definition) is 8. The van der Waals surface area contributed by atoms with E-state index in [-0.39, 0.29) is 55.0 Å². The van der Waals surface area contributed by atoms with E-state index in [2.05, 4.69) is 27.7 Å². The van der Waals surface area contributed by atoms with Gasteiger partial charge in [-0.1, -0.05) is 47.5 Å². The molecule has 280 valence electrons. The van der Waals surface area contributed by atoms with Gasteiger partial charge in [-0.05, 0) is 84.9 Å². The Morgan fingerprint density at radius 3 is 2.21 bits per heavy atom. The van der Waals surface area contributed by atoms with Crippen molar-refractivity contribution in [2.75, 3.05) is 13.2 Å². The van der Waals surface area contributed by atoms with Gasteiger partial charge < -0.3 is 45.2 Å². The lowest BCUT2D eigenvalue weighted by atomic mass is 9.42. The molecule has 14 heteroatoms. The minimum atomic E-state index is -4.64. The van der Waals surface area contributed by atoms with E-state index in [0.717, 1.165) is 19.3 Å². The molecule has 0 aromatic heterocycles. The van der Waals surface area contributed by atoms with Gasteiger partial charge in [0.2, 0.25) is 0 Å². The topological polar surface area (TPSA) is 224 Å². The van der Waals surface area contributed by atoms with E-state index < -0.39 is 81.8 Å². The maximum Gasteiger partial charge on any atom is 0.397 e. The summed E-state index contributed by atoms with van der Waals surface area (Å²) in [5.74, 6) is -1.22. The highest BCUT2D eigenvalue weighted by Crippen LogP contribution is 2.70. The number of fused-ring (bicyclic) bond motifs is 5. The third kappa shape index (κ3) is 6.88. The quantitative estimate of drug-likeness (QED) is 0.142. The number of ether oxygens (including phenoxy) is 2. The van der Waals surface area contributed by atoms with Gasteiger partial charge in [0.15, 0.2) is 6.29 Å². The number of aliphatic hydroxyl groups is 7. The van der Waals surface area contributed by atoms with Crippen LogP contribution in [0.15, 0.2) is 0 Å². The summed E-state index contributed by atoms with van der Waals surface area (Å²) < 4.78 is 48.2. The minimum absolute atomic E-state index is 0.00642. The van der Waals surface area contributed by atoms with Gasteiger partial charge in [-0.3, -0.25) is 4.55 Å². The van der Waals surface area contributed by atoms with Crippen LogP contribution in [0.4, 0.5) is 0 Å². The highest BCUT2D eigenvalue weighted by atomic mass is 32.3. The molecule has 13 nitrogen and oxygen atoms in total. The Morgan fingerprint density at radius 2 is 1.56 bits per heavy atom. The highest BCUT2D eigenvalue weighted by molar-refractivity contribution is 7.80. The molecule has 0 aromatic carbocycles. The normalized spacial score (nSPS) is 49.8. The summed E-state index contributed by atoms with van der Waals surface area (Å²) in [6.07, 6.45) is -3.95. The smallest absolute Gasteiger partial charge is 0.393 e. The maximum absolute atomic E-state index is 12.6. The van der Waals surface area contributed by atoms with Crippen LogP contribution >= 0.6 is 0 Å². The molecule has 48 heavy (non-hydrogen) atoms. The van der Waals surface area contributed by atoms with E-state index in [0.29, 0.717) is 32.3 Å². The molecule has 5 fully saturated rings. The summed E-state index contributed by atoms with van der Waals surface area (Å²) in [5.41, 5.74) is -2.57. The lowest BCUT2D eigenvalue weighted by Gasteiger charge is -2.66. The van der Waals surface area contributed by atoms with Crippen molar-refractivity contribution < 1.29 is 62.4 Å². The summed E-state index contributed by atoms with van der Waals surface area (Å²) in [7, 11) is -4.64. The molecule has 1 aliphatic heterocycles. The van der Waals surface area contributed by atoms with Crippen LogP contribution in [-0.4, -0.2) is 117 Å². The van der Waals surface area contributed by atoms with Crippen LogP contribution < -0.4 is 0 Å². The predicted molar refractivity (Wildman–Crippen MR) is 172 cm³/mol.